The Balaban J connectivity index is 3.11. The summed E-state index contributed by atoms with van der Waals surface area (Å²) in [5.41, 5.74) is 0.584. The van der Waals surface area contributed by atoms with E-state index in [1.165, 1.54) is 0 Å². The van der Waals surface area contributed by atoms with Gasteiger partial charge in [0.15, 0.2) is 0 Å². The molecule has 0 aromatic heterocycles. The van der Waals surface area contributed by atoms with Gasteiger partial charge in [-0.1, -0.05) is 25.5 Å². The molecule has 1 aliphatic rings. The van der Waals surface area contributed by atoms with Crippen molar-refractivity contribution >= 4 is 11.9 Å². The van der Waals surface area contributed by atoms with Gasteiger partial charge in [0.2, 0.25) is 0 Å². The van der Waals surface area contributed by atoms with Gasteiger partial charge in [-0.25, -0.2) is 0 Å². The van der Waals surface area contributed by atoms with Crippen molar-refractivity contribution < 1.29 is 19.4 Å². The molecule has 0 aromatic carbocycles. The SMILES string of the molecule is CCOC(=O)C1C(C(=O)O)CC=C(C)C1(C)C. The van der Waals surface area contributed by atoms with Crippen LogP contribution >= 0.6 is 0 Å². The summed E-state index contributed by atoms with van der Waals surface area (Å²) in [5.74, 6) is -2.63. The minimum Gasteiger partial charge on any atom is -0.481 e. The summed E-state index contributed by atoms with van der Waals surface area (Å²) < 4.78 is 5.02. The zero-order valence-corrected chi connectivity index (χ0v) is 10.8. The average Bonchev–Trinajstić information content (AvgIpc) is 2.21. The maximum absolute atomic E-state index is 12.0. The maximum Gasteiger partial charge on any atom is 0.310 e. The van der Waals surface area contributed by atoms with Crippen LogP contribution in [0.15, 0.2) is 11.6 Å². The highest BCUT2D eigenvalue weighted by molar-refractivity contribution is 5.83. The number of carboxylic acids is 1. The first-order valence-electron chi connectivity index (χ1n) is 5.89. The van der Waals surface area contributed by atoms with Crippen LogP contribution in [-0.4, -0.2) is 23.7 Å². The van der Waals surface area contributed by atoms with Gasteiger partial charge in [-0.3, -0.25) is 9.59 Å². The quantitative estimate of drug-likeness (QED) is 0.607. The predicted molar refractivity (Wildman–Crippen MR) is 63.4 cm³/mol. The summed E-state index contributed by atoms with van der Waals surface area (Å²) >= 11 is 0. The molecule has 17 heavy (non-hydrogen) atoms. The molecule has 0 fully saturated rings. The number of ether oxygens (including phenoxy) is 1. The van der Waals surface area contributed by atoms with Gasteiger partial charge >= 0.3 is 11.9 Å². The first kappa shape index (κ1) is 13.7. The smallest absolute Gasteiger partial charge is 0.310 e. The molecule has 2 unspecified atom stereocenters. The summed E-state index contributed by atoms with van der Waals surface area (Å²) in [6.45, 7) is 7.74. The summed E-state index contributed by atoms with van der Waals surface area (Å²) in [4.78, 5) is 23.2. The van der Waals surface area contributed by atoms with Gasteiger partial charge in [0.25, 0.3) is 0 Å². The maximum atomic E-state index is 12.0. The van der Waals surface area contributed by atoms with Gasteiger partial charge in [-0.15, -0.1) is 0 Å². The molecule has 0 bridgehead atoms. The topological polar surface area (TPSA) is 63.6 Å². The van der Waals surface area contributed by atoms with Crippen molar-refractivity contribution in [2.24, 2.45) is 17.3 Å². The van der Waals surface area contributed by atoms with E-state index in [-0.39, 0.29) is 6.61 Å². The van der Waals surface area contributed by atoms with Gasteiger partial charge in [-0.2, -0.15) is 0 Å². The zero-order valence-electron chi connectivity index (χ0n) is 10.8. The van der Waals surface area contributed by atoms with Gasteiger partial charge in [0.05, 0.1) is 18.4 Å². The highest BCUT2D eigenvalue weighted by Gasteiger charge is 2.47. The molecule has 1 N–H and O–H groups in total. The molecular weight excluding hydrogens is 220 g/mol. The number of rotatable bonds is 3. The van der Waals surface area contributed by atoms with Crippen LogP contribution in [0.25, 0.3) is 0 Å². The van der Waals surface area contributed by atoms with Crippen LogP contribution in [-0.2, 0) is 14.3 Å². The second-order valence-corrected chi connectivity index (χ2v) is 5.02. The molecule has 96 valence electrons. The van der Waals surface area contributed by atoms with Gasteiger partial charge in [-0.05, 0) is 25.7 Å². The van der Waals surface area contributed by atoms with E-state index in [9.17, 15) is 14.7 Å². The molecule has 0 heterocycles. The Bertz CT molecular complexity index is 354. The highest BCUT2D eigenvalue weighted by Crippen LogP contribution is 2.45. The zero-order chi connectivity index (χ0) is 13.2. The van der Waals surface area contributed by atoms with Crippen molar-refractivity contribution in [1.82, 2.24) is 0 Å². The summed E-state index contributed by atoms with van der Waals surface area (Å²) in [6.07, 6.45) is 2.31. The lowest BCUT2D eigenvalue weighted by Gasteiger charge is -2.40. The molecule has 0 aliphatic heterocycles. The molecule has 0 aromatic rings. The number of hydrogen-bond donors (Lipinski definition) is 1. The monoisotopic (exact) mass is 240 g/mol. The van der Waals surface area contributed by atoms with Crippen LogP contribution in [0, 0.1) is 17.3 Å². The average molecular weight is 240 g/mol. The van der Waals surface area contributed by atoms with Gasteiger partial charge < -0.3 is 9.84 Å². The van der Waals surface area contributed by atoms with Crippen LogP contribution in [0.4, 0.5) is 0 Å². The molecule has 4 nitrogen and oxygen atoms in total. The predicted octanol–water partition coefficient (Wildman–Crippen LogP) is 2.24. The van der Waals surface area contributed by atoms with Crippen LogP contribution in [0.1, 0.15) is 34.1 Å². The Labute approximate surface area is 102 Å². The largest absolute Gasteiger partial charge is 0.481 e. The lowest BCUT2D eigenvalue weighted by Crippen LogP contribution is -2.44. The molecular formula is C13H20O4. The summed E-state index contributed by atoms with van der Waals surface area (Å²) in [5, 5.41) is 9.21. The number of allylic oxidation sites excluding steroid dienone is 2. The third-order valence-corrected chi connectivity index (χ3v) is 3.73. The van der Waals surface area contributed by atoms with E-state index < -0.39 is 29.2 Å². The van der Waals surface area contributed by atoms with E-state index in [1.807, 2.05) is 26.8 Å². The van der Waals surface area contributed by atoms with Crippen molar-refractivity contribution in [3.8, 4) is 0 Å². The van der Waals surface area contributed by atoms with E-state index in [0.29, 0.717) is 6.42 Å². The minimum atomic E-state index is -0.931. The van der Waals surface area contributed by atoms with Crippen LogP contribution in [0.2, 0.25) is 0 Å². The Morgan fingerprint density at radius 1 is 1.53 bits per heavy atom. The number of hydrogen-bond acceptors (Lipinski definition) is 3. The van der Waals surface area contributed by atoms with E-state index in [1.54, 1.807) is 6.92 Å². The second-order valence-electron chi connectivity index (χ2n) is 5.02. The normalized spacial score (nSPS) is 27.2. The van der Waals surface area contributed by atoms with E-state index in [4.69, 9.17) is 4.74 Å². The number of esters is 1. The standard InChI is InChI=1S/C13H20O4/c1-5-17-12(16)10-9(11(14)15)7-6-8(2)13(10,3)4/h6,9-10H,5,7H2,1-4H3,(H,14,15). The van der Waals surface area contributed by atoms with Crippen LogP contribution in [0.5, 0.6) is 0 Å². The van der Waals surface area contributed by atoms with E-state index in [0.717, 1.165) is 5.57 Å². The minimum absolute atomic E-state index is 0.278. The van der Waals surface area contributed by atoms with Gasteiger partial charge in [0, 0.05) is 0 Å². The van der Waals surface area contributed by atoms with Crippen molar-refractivity contribution in [2.45, 2.75) is 34.1 Å². The Hall–Kier alpha value is -1.32. The number of carbonyl (C=O) groups is 2. The van der Waals surface area contributed by atoms with Crippen molar-refractivity contribution in [2.75, 3.05) is 6.61 Å². The summed E-state index contributed by atoms with van der Waals surface area (Å²) in [6, 6.07) is 0. The number of carbonyl (C=O) groups excluding carboxylic acids is 1. The second kappa shape index (κ2) is 4.90. The van der Waals surface area contributed by atoms with Crippen molar-refractivity contribution in [3.05, 3.63) is 11.6 Å². The van der Waals surface area contributed by atoms with E-state index >= 15 is 0 Å². The number of carboxylic acid groups (broad SMARTS) is 1. The lowest BCUT2D eigenvalue weighted by molar-refractivity contribution is -0.162. The summed E-state index contributed by atoms with van der Waals surface area (Å²) in [7, 11) is 0. The molecule has 1 aliphatic carbocycles. The highest BCUT2D eigenvalue weighted by atomic mass is 16.5. The fourth-order valence-corrected chi connectivity index (χ4v) is 2.39. The van der Waals surface area contributed by atoms with Crippen molar-refractivity contribution in [1.29, 1.82) is 0 Å². The fraction of sp³-hybridized carbons (Fsp3) is 0.692. The fourth-order valence-electron chi connectivity index (χ4n) is 2.39. The molecule has 1 rings (SSSR count). The third-order valence-electron chi connectivity index (χ3n) is 3.73. The van der Waals surface area contributed by atoms with Gasteiger partial charge in [0.1, 0.15) is 0 Å². The Kier molecular flexibility index (Phi) is 3.96. The molecule has 0 spiro atoms. The first-order valence-corrected chi connectivity index (χ1v) is 5.89. The molecule has 0 saturated carbocycles. The van der Waals surface area contributed by atoms with E-state index in [2.05, 4.69) is 0 Å². The molecule has 2 atom stereocenters. The first-order chi connectivity index (χ1) is 7.82. The number of aliphatic carboxylic acids is 1. The lowest BCUT2D eigenvalue weighted by atomic mass is 9.63. The molecule has 0 saturated heterocycles. The molecule has 0 radical (unpaired) electrons. The van der Waals surface area contributed by atoms with Crippen LogP contribution < -0.4 is 0 Å². The third kappa shape index (κ3) is 2.51. The van der Waals surface area contributed by atoms with Crippen LogP contribution in [0.3, 0.4) is 0 Å². The molecule has 0 amide bonds. The Morgan fingerprint density at radius 3 is 2.59 bits per heavy atom. The Morgan fingerprint density at radius 2 is 2.12 bits per heavy atom. The molecule has 4 heteroatoms. The van der Waals surface area contributed by atoms with Crippen molar-refractivity contribution in [3.63, 3.8) is 0 Å².